The van der Waals surface area contributed by atoms with Gasteiger partial charge in [0.15, 0.2) is 11.9 Å². The molecule has 1 N–H and O–H groups in total. The summed E-state index contributed by atoms with van der Waals surface area (Å²) in [4.78, 5) is 47.1. The van der Waals surface area contributed by atoms with E-state index in [-0.39, 0.29) is 31.8 Å². The van der Waals surface area contributed by atoms with E-state index in [9.17, 15) is 23.8 Å². The number of unbranched alkanes of at least 4 members (excludes halogenated alkanes) is 3. The Bertz CT molecular complexity index is 1510. The van der Waals surface area contributed by atoms with Crippen LogP contribution in [-0.4, -0.2) is 80.7 Å². The fourth-order valence-electron chi connectivity index (χ4n) is 4.98. The van der Waals surface area contributed by atoms with Crippen LogP contribution in [0.25, 0.3) is 0 Å². The number of hydrogen-bond donors (Lipinski definition) is 1. The van der Waals surface area contributed by atoms with E-state index in [2.05, 4.69) is 86.8 Å². The molecular formula is C50H79NO9P+. The molecule has 0 aliphatic heterocycles. The van der Waals surface area contributed by atoms with Crippen LogP contribution in [0.2, 0.25) is 0 Å². The van der Waals surface area contributed by atoms with Crippen LogP contribution in [0.15, 0.2) is 122 Å². The van der Waals surface area contributed by atoms with Gasteiger partial charge in [-0.05, 0) is 83.1 Å². The van der Waals surface area contributed by atoms with Crippen molar-refractivity contribution in [3.8, 4) is 0 Å². The number of carbonyl (C=O) groups excluding carboxylic acids is 3. The summed E-state index contributed by atoms with van der Waals surface area (Å²) in [5.74, 6) is -0.847. The molecule has 11 heteroatoms. The van der Waals surface area contributed by atoms with Gasteiger partial charge in [0, 0.05) is 19.3 Å². The quantitative estimate of drug-likeness (QED) is 0.0123. The maximum atomic E-state index is 12.7. The molecule has 0 aromatic rings. The highest BCUT2D eigenvalue weighted by atomic mass is 31.2. The smallest absolute Gasteiger partial charge is 0.462 e. The Balaban J connectivity index is 4.64. The maximum Gasteiger partial charge on any atom is 0.472 e. The Morgan fingerprint density at radius 2 is 1.10 bits per heavy atom. The standard InChI is InChI=1S/C50H78NO9P/c1-6-8-10-11-12-13-14-15-16-17-18-19-20-21-24-28-31-34-38-42-50(54)60-48(46-59-61(55,56)58-44-43-51(3,4)5)45-57-49(53)41-37-33-30-27-25-22-23-26-29-32-36-40-47(52)39-35-9-7-2/h8,10,12-13,15-16,18-19,21-24,27,29-32,34,36,40,48H,6-7,9,11,14,17,20,25-26,28,33,35,37-39,41-46H2,1-5H3/p+1/b10-8-,13-12-,16-15-,19-18-,23-22-,24-21-,30-27-,32-29-,34-31-,40-36+/t48-/m1/s1. The lowest BCUT2D eigenvalue weighted by Gasteiger charge is -2.24. The van der Waals surface area contributed by atoms with Crippen LogP contribution in [0.1, 0.15) is 123 Å². The van der Waals surface area contributed by atoms with Gasteiger partial charge in [-0.1, -0.05) is 142 Å². The highest BCUT2D eigenvalue weighted by molar-refractivity contribution is 7.47. The average Bonchev–Trinajstić information content (AvgIpc) is 3.21. The summed E-state index contributed by atoms with van der Waals surface area (Å²) < 4.78 is 34.1. The molecule has 0 amide bonds. The fraction of sp³-hybridized carbons (Fsp3) is 0.540. The summed E-state index contributed by atoms with van der Waals surface area (Å²) in [6.07, 6.45) is 52.6. The molecule has 0 radical (unpaired) electrons. The average molecular weight is 869 g/mol. The van der Waals surface area contributed by atoms with E-state index in [1.54, 1.807) is 12.2 Å². The molecule has 342 valence electrons. The highest BCUT2D eigenvalue weighted by Crippen LogP contribution is 2.43. The largest absolute Gasteiger partial charge is 0.472 e. The number of rotatable bonds is 38. The predicted octanol–water partition coefficient (Wildman–Crippen LogP) is 12.1. The van der Waals surface area contributed by atoms with Crippen LogP contribution in [0.3, 0.4) is 0 Å². The topological polar surface area (TPSA) is 125 Å². The first-order chi connectivity index (χ1) is 29.4. The lowest BCUT2D eigenvalue weighted by atomic mass is 10.1. The van der Waals surface area contributed by atoms with Crippen molar-refractivity contribution >= 4 is 25.5 Å². The van der Waals surface area contributed by atoms with Crippen LogP contribution in [0, 0.1) is 0 Å². The number of quaternary nitrogens is 1. The highest BCUT2D eigenvalue weighted by Gasteiger charge is 2.27. The Hall–Kier alpha value is -3.92. The van der Waals surface area contributed by atoms with Gasteiger partial charge in [-0.3, -0.25) is 23.4 Å². The lowest BCUT2D eigenvalue weighted by molar-refractivity contribution is -0.870. The molecule has 10 nitrogen and oxygen atoms in total. The first-order valence-corrected chi connectivity index (χ1v) is 23.7. The number of phosphoric acid groups is 1. The molecule has 0 rings (SSSR count). The monoisotopic (exact) mass is 869 g/mol. The zero-order chi connectivity index (χ0) is 45.1. The van der Waals surface area contributed by atoms with Crippen LogP contribution in [-0.2, 0) is 37.5 Å². The molecule has 0 spiro atoms. The maximum absolute atomic E-state index is 12.7. The summed E-state index contributed by atoms with van der Waals surface area (Å²) in [7, 11) is 1.34. The Morgan fingerprint density at radius 3 is 1.64 bits per heavy atom. The Labute approximate surface area is 369 Å². The zero-order valence-electron chi connectivity index (χ0n) is 38.1. The third kappa shape index (κ3) is 44.0. The third-order valence-electron chi connectivity index (χ3n) is 8.47. The van der Waals surface area contributed by atoms with Gasteiger partial charge in [0.05, 0.1) is 27.7 Å². The van der Waals surface area contributed by atoms with Crippen LogP contribution in [0.4, 0.5) is 0 Å². The molecule has 0 saturated carbocycles. The van der Waals surface area contributed by atoms with Gasteiger partial charge in [0.1, 0.15) is 19.8 Å². The second-order valence-electron chi connectivity index (χ2n) is 15.4. The van der Waals surface area contributed by atoms with E-state index in [0.717, 1.165) is 70.6 Å². The first kappa shape index (κ1) is 57.1. The van der Waals surface area contributed by atoms with E-state index in [1.165, 1.54) is 0 Å². The van der Waals surface area contributed by atoms with Crippen LogP contribution < -0.4 is 0 Å². The number of carbonyl (C=O) groups is 3. The van der Waals surface area contributed by atoms with Gasteiger partial charge >= 0.3 is 19.8 Å². The lowest BCUT2D eigenvalue weighted by Crippen LogP contribution is -2.37. The van der Waals surface area contributed by atoms with Gasteiger partial charge in [-0.25, -0.2) is 4.57 Å². The number of ether oxygens (including phenoxy) is 2. The van der Waals surface area contributed by atoms with Crippen molar-refractivity contribution in [3.05, 3.63) is 122 Å². The number of ketones is 1. The summed E-state index contributed by atoms with van der Waals surface area (Å²) in [5, 5.41) is 0. The van der Waals surface area contributed by atoms with E-state index < -0.39 is 32.5 Å². The molecule has 0 aliphatic rings. The van der Waals surface area contributed by atoms with E-state index in [4.69, 9.17) is 18.5 Å². The Morgan fingerprint density at radius 1 is 0.574 bits per heavy atom. The van der Waals surface area contributed by atoms with Crippen molar-refractivity contribution in [1.82, 2.24) is 0 Å². The third-order valence-corrected chi connectivity index (χ3v) is 9.45. The normalized spacial score (nSPS) is 14.6. The van der Waals surface area contributed by atoms with Gasteiger partial charge in [0.25, 0.3) is 0 Å². The number of allylic oxidation sites excluding steroid dienone is 20. The van der Waals surface area contributed by atoms with Gasteiger partial charge in [-0.15, -0.1) is 0 Å². The molecule has 1 unspecified atom stereocenters. The molecule has 0 fully saturated rings. The van der Waals surface area contributed by atoms with E-state index in [0.29, 0.717) is 36.7 Å². The second kappa shape index (κ2) is 40.2. The summed E-state index contributed by atoms with van der Waals surface area (Å²) >= 11 is 0. The molecule has 0 saturated heterocycles. The molecular weight excluding hydrogens is 790 g/mol. The summed E-state index contributed by atoms with van der Waals surface area (Å²) in [6.45, 7) is 3.93. The molecule has 0 bridgehead atoms. The van der Waals surface area contributed by atoms with Crippen molar-refractivity contribution < 1.29 is 46.8 Å². The number of esters is 2. The number of likely N-dealkylation sites (N-methyl/N-ethyl adjacent to an activating group) is 1. The minimum atomic E-state index is -4.43. The van der Waals surface area contributed by atoms with Gasteiger partial charge < -0.3 is 18.9 Å². The van der Waals surface area contributed by atoms with Crippen LogP contribution >= 0.6 is 7.82 Å². The van der Waals surface area contributed by atoms with E-state index >= 15 is 0 Å². The molecule has 0 aromatic carbocycles. The number of hydrogen-bond acceptors (Lipinski definition) is 8. The minimum Gasteiger partial charge on any atom is -0.462 e. The number of nitrogens with zero attached hydrogens (tertiary/aromatic N) is 1. The van der Waals surface area contributed by atoms with Crippen molar-refractivity contribution in [1.29, 1.82) is 0 Å². The van der Waals surface area contributed by atoms with Crippen LogP contribution in [0.5, 0.6) is 0 Å². The molecule has 0 aliphatic carbocycles. The SMILES string of the molecule is CC/C=C\C/C=C\C/C=C\C/C=C\C/C=C\C/C=C\CCC(=O)O[C@H](COC(=O)CCC/C=C\C/C=C\C/C=C\C=C\C(=O)CCCCC)COP(=O)(O)OCC[N+](C)(C)C. The Kier molecular flexibility index (Phi) is 37.6. The second-order valence-corrected chi connectivity index (χ2v) is 16.8. The summed E-state index contributed by atoms with van der Waals surface area (Å²) in [6, 6.07) is 0. The number of phosphoric ester groups is 1. The van der Waals surface area contributed by atoms with Crippen molar-refractivity contribution in [2.45, 2.75) is 129 Å². The molecule has 61 heavy (non-hydrogen) atoms. The van der Waals surface area contributed by atoms with Crippen molar-refractivity contribution in [3.63, 3.8) is 0 Å². The molecule has 0 aromatic heterocycles. The van der Waals surface area contributed by atoms with Gasteiger partial charge in [0.2, 0.25) is 0 Å². The molecule has 0 heterocycles. The first-order valence-electron chi connectivity index (χ1n) is 22.2. The van der Waals surface area contributed by atoms with Crippen molar-refractivity contribution in [2.75, 3.05) is 47.5 Å². The zero-order valence-corrected chi connectivity index (χ0v) is 39.0. The molecule has 2 atom stereocenters. The fourth-order valence-corrected chi connectivity index (χ4v) is 5.73. The van der Waals surface area contributed by atoms with Crippen molar-refractivity contribution in [2.24, 2.45) is 0 Å². The van der Waals surface area contributed by atoms with E-state index in [1.807, 2.05) is 57.6 Å². The summed E-state index contributed by atoms with van der Waals surface area (Å²) in [5.41, 5.74) is 0. The van der Waals surface area contributed by atoms with Gasteiger partial charge in [-0.2, -0.15) is 0 Å². The predicted molar refractivity (Wildman–Crippen MR) is 252 cm³/mol. The minimum absolute atomic E-state index is 0.00795.